The number of β-amino-alcohol motifs (C(OH)–C–C–N with tert-alkyl or cyclic N) is 1. The summed E-state index contributed by atoms with van der Waals surface area (Å²) in [4.78, 5) is 2.13. The fourth-order valence-corrected chi connectivity index (χ4v) is 3.07. The molecule has 98 valence electrons. The number of halogens is 1. The van der Waals surface area contributed by atoms with Gasteiger partial charge in [0.1, 0.15) is 5.60 Å². The summed E-state index contributed by atoms with van der Waals surface area (Å²) in [7, 11) is 2.02. The van der Waals surface area contributed by atoms with E-state index in [1.807, 2.05) is 49.5 Å². The Bertz CT molecular complexity index is 613. The molecular formula is C16H16ClNO. The molecule has 2 nitrogen and oxygen atoms in total. The fourth-order valence-electron chi connectivity index (χ4n) is 2.88. The molecule has 19 heavy (non-hydrogen) atoms. The van der Waals surface area contributed by atoms with Crippen LogP contribution in [0.2, 0.25) is 5.02 Å². The van der Waals surface area contributed by atoms with Crippen LogP contribution in [0.1, 0.15) is 16.7 Å². The van der Waals surface area contributed by atoms with Crippen LogP contribution in [0.5, 0.6) is 0 Å². The second-order valence-electron chi connectivity index (χ2n) is 5.20. The molecule has 2 aromatic rings. The van der Waals surface area contributed by atoms with Crippen molar-refractivity contribution in [3.05, 3.63) is 70.2 Å². The van der Waals surface area contributed by atoms with Crippen molar-refractivity contribution in [2.75, 3.05) is 13.6 Å². The Morgan fingerprint density at radius 1 is 1.16 bits per heavy atom. The van der Waals surface area contributed by atoms with Crippen molar-refractivity contribution in [2.24, 2.45) is 0 Å². The Kier molecular flexibility index (Phi) is 3.09. The average Bonchev–Trinajstić information content (AvgIpc) is 2.38. The molecule has 0 spiro atoms. The maximum Gasteiger partial charge on any atom is 0.128 e. The maximum absolute atomic E-state index is 11.2. The van der Waals surface area contributed by atoms with Gasteiger partial charge in [0, 0.05) is 18.1 Å². The highest BCUT2D eigenvalue weighted by molar-refractivity contribution is 6.30. The van der Waals surface area contributed by atoms with Crippen LogP contribution in [-0.4, -0.2) is 23.6 Å². The van der Waals surface area contributed by atoms with Gasteiger partial charge in [0.2, 0.25) is 0 Å². The Morgan fingerprint density at radius 2 is 1.95 bits per heavy atom. The number of likely N-dealkylation sites (N-methyl/N-ethyl adjacent to an activating group) is 1. The first-order valence-corrected chi connectivity index (χ1v) is 6.73. The summed E-state index contributed by atoms with van der Waals surface area (Å²) in [6, 6.07) is 15.5. The van der Waals surface area contributed by atoms with Gasteiger partial charge >= 0.3 is 0 Å². The van der Waals surface area contributed by atoms with Gasteiger partial charge in [-0.1, -0.05) is 48.0 Å². The molecular weight excluding hydrogens is 258 g/mol. The minimum absolute atomic E-state index is 0.574. The van der Waals surface area contributed by atoms with Crippen molar-refractivity contribution in [3.8, 4) is 0 Å². The molecule has 1 atom stereocenters. The molecule has 3 rings (SSSR count). The molecule has 0 saturated heterocycles. The van der Waals surface area contributed by atoms with Crippen LogP contribution < -0.4 is 0 Å². The first kappa shape index (κ1) is 12.7. The molecule has 1 unspecified atom stereocenters. The van der Waals surface area contributed by atoms with Crippen molar-refractivity contribution in [2.45, 2.75) is 12.1 Å². The summed E-state index contributed by atoms with van der Waals surface area (Å²) < 4.78 is 0. The molecule has 1 aliphatic heterocycles. The van der Waals surface area contributed by atoms with Crippen LogP contribution in [0.4, 0.5) is 0 Å². The van der Waals surface area contributed by atoms with E-state index >= 15 is 0 Å². The van der Waals surface area contributed by atoms with Crippen molar-refractivity contribution in [1.29, 1.82) is 0 Å². The van der Waals surface area contributed by atoms with E-state index in [0.29, 0.717) is 11.6 Å². The van der Waals surface area contributed by atoms with Crippen LogP contribution in [-0.2, 0) is 12.1 Å². The van der Waals surface area contributed by atoms with E-state index in [9.17, 15) is 5.11 Å². The van der Waals surface area contributed by atoms with E-state index in [1.54, 1.807) is 0 Å². The molecule has 1 N–H and O–H groups in total. The highest BCUT2D eigenvalue weighted by Gasteiger charge is 2.38. The van der Waals surface area contributed by atoms with E-state index < -0.39 is 5.60 Å². The standard InChI is InChI=1S/C16H16ClNO/c1-18-10-12-5-2-3-8-15(12)16(19,11-18)13-6-4-7-14(17)9-13/h2-9,19H,10-11H2,1H3. The van der Waals surface area contributed by atoms with Crippen molar-refractivity contribution < 1.29 is 5.11 Å². The lowest BCUT2D eigenvalue weighted by Gasteiger charge is -2.39. The molecule has 0 aromatic heterocycles. The van der Waals surface area contributed by atoms with Gasteiger partial charge < -0.3 is 5.11 Å². The summed E-state index contributed by atoms with van der Waals surface area (Å²) in [6.07, 6.45) is 0. The smallest absolute Gasteiger partial charge is 0.128 e. The van der Waals surface area contributed by atoms with Gasteiger partial charge in [0.15, 0.2) is 0 Å². The predicted molar refractivity (Wildman–Crippen MR) is 77.2 cm³/mol. The summed E-state index contributed by atoms with van der Waals surface area (Å²) in [5, 5.41) is 11.8. The summed E-state index contributed by atoms with van der Waals surface area (Å²) in [5.74, 6) is 0. The Labute approximate surface area is 118 Å². The van der Waals surface area contributed by atoms with Gasteiger partial charge in [-0.15, -0.1) is 0 Å². The van der Waals surface area contributed by atoms with Crippen LogP contribution in [0, 0.1) is 0 Å². The molecule has 0 aliphatic carbocycles. The molecule has 0 radical (unpaired) electrons. The molecule has 1 heterocycles. The van der Waals surface area contributed by atoms with Gasteiger partial charge in [-0.25, -0.2) is 0 Å². The third-order valence-corrected chi connectivity index (χ3v) is 3.94. The number of fused-ring (bicyclic) bond motifs is 1. The SMILES string of the molecule is CN1Cc2ccccc2C(O)(c2cccc(Cl)c2)C1. The first-order chi connectivity index (χ1) is 9.09. The van der Waals surface area contributed by atoms with E-state index in [-0.39, 0.29) is 0 Å². The maximum atomic E-state index is 11.2. The number of hydrogen-bond donors (Lipinski definition) is 1. The average molecular weight is 274 g/mol. The van der Waals surface area contributed by atoms with E-state index in [4.69, 9.17) is 11.6 Å². The normalized spacial score (nSPS) is 23.1. The topological polar surface area (TPSA) is 23.5 Å². The molecule has 0 bridgehead atoms. The van der Waals surface area contributed by atoms with E-state index in [2.05, 4.69) is 11.0 Å². The lowest BCUT2D eigenvalue weighted by molar-refractivity contribution is 0.0283. The number of nitrogens with zero attached hydrogens (tertiary/aromatic N) is 1. The molecule has 0 fully saturated rings. The third kappa shape index (κ3) is 2.16. The Morgan fingerprint density at radius 3 is 2.74 bits per heavy atom. The van der Waals surface area contributed by atoms with Crippen molar-refractivity contribution in [3.63, 3.8) is 0 Å². The van der Waals surface area contributed by atoms with Gasteiger partial charge in [-0.05, 0) is 35.9 Å². The minimum atomic E-state index is -0.992. The monoisotopic (exact) mass is 273 g/mol. The van der Waals surface area contributed by atoms with Crippen molar-refractivity contribution >= 4 is 11.6 Å². The second-order valence-corrected chi connectivity index (χ2v) is 5.64. The quantitative estimate of drug-likeness (QED) is 0.863. The zero-order valence-electron chi connectivity index (χ0n) is 10.8. The number of hydrogen-bond acceptors (Lipinski definition) is 2. The lowest BCUT2D eigenvalue weighted by atomic mass is 9.80. The van der Waals surface area contributed by atoms with Crippen LogP contribution in [0.3, 0.4) is 0 Å². The molecule has 0 amide bonds. The van der Waals surface area contributed by atoms with E-state index in [1.165, 1.54) is 5.56 Å². The summed E-state index contributed by atoms with van der Waals surface area (Å²) in [6.45, 7) is 1.43. The molecule has 1 aliphatic rings. The number of benzene rings is 2. The lowest BCUT2D eigenvalue weighted by Crippen LogP contribution is -2.44. The summed E-state index contributed by atoms with van der Waals surface area (Å²) in [5.41, 5.74) is 2.00. The fraction of sp³-hybridized carbons (Fsp3) is 0.250. The van der Waals surface area contributed by atoms with Crippen molar-refractivity contribution in [1.82, 2.24) is 4.90 Å². The second kappa shape index (κ2) is 4.64. The zero-order valence-corrected chi connectivity index (χ0v) is 11.6. The number of rotatable bonds is 1. The van der Waals surface area contributed by atoms with E-state index in [0.717, 1.165) is 17.7 Å². The van der Waals surface area contributed by atoms with Gasteiger partial charge in [0.25, 0.3) is 0 Å². The molecule has 2 aromatic carbocycles. The van der Waals surface area contributed by atoms with Crippen LogP contribution in [0.15, 0.2) is 48.5 Å². The van der Waals surface area contributed by atoms with Gasteiger partial charge in [-0.3, -0.25) is 4.90 Å². The largest absolute Gasteiger partial charge is 0.379 e. The summed E-state index contributed by atoms with van der Waals surface area (Å²) >= 11 is 6.06. The first-order valence-electron chi connectivity index (χ1n) is 6.35. The Balaban J connectivity index is 2.18. The highest BCUT2D eigenvalue weighted by atomic mass is 35.5. The van der Waals surface area contributed by atoms with Gasteiger partial charge in [-0.2, -0.15) is 0 Å². The van der Waals surface area contributed by atoms with Crippen LogP contribution >= 0.6 is 11.6 Å². The van der Waals surface area contributed by atoms with Crippen LogP contribution in [0.25, 0.3) is 0 Å². The zero-order chi connectivity index (χ0) is 13.5. The molecule has 0 saturated carbocycles. The third-order valence-electron chi connectivity index (χ3n) is 3.70. The highest BCUT2D eigenvalue weighted by Crippen LogP contribution is 2.37. The number of aliphatic hydroxyl groups is 1. The van der Waals surface area contributed by atoms with Gasteiger partial charge in [0.05, 0.1) is 0 Å². The molecule has 3 heteroatoms. The predicted octanol–water partition coefficient (Wildman–Crippen LogP) is 3.02. The Hall–Kier alpha value is -1.35. The minimum Gasteiger partial charge on any atom is -0.379 e.